The van der Waals surface area contributed by atoms with Gasteiger partial charge in [-0.2, -0.15) is 0 Å². The van der Waals surface area contributed by atoms with E-state index < -0.39 is 0 Å². The minimum atomic E-state index is 0.582. The van der Waals surface area contributed by atoms with Gasteiger partial charge in [0.25, 0.3) is 0 Å². The Balaban J connectivity index is 2.53. The van der Waals surface area contributed by atoms with Gasteiger partial charge in [0.1, 0.15) is 11.6 Å². The number of hydrogen-bond acceptors (Lipinski definition) is 6. The molecule has 0 radical (unpaired) electrons. The van der Waals surface area contributed by atoms with Crippen molar-refractivity contribution >= 4 is 11.5 Å². The maximum Gasteiger partial charge on any atom is 0.203 e. The molecular formula is C18H25N3O3. The summed E-state index contributed by atoms with van der Waals surface area (Å²) in [7, 11) is 4.83. The third kappa shape index (κ3) is 3.88. The number of aryl methyl sites for hydroxylation is 1. The highest BCUT2D eigenvalue weighted by molar-refractivity contribution is 5.68. The van der Waals surface area contributed by atoms with E-state index >= 15 is 0 Å². The average molecular weight is 331 g/mol. The number of hydrogen-bond donors (Lipinski definition) is 0. The van der Waals surface area contributed by atoms with Crippen molar-refractivity contribution < 1.29 is 14.2 Å². The van der Waals surface area contributed by atoms with Crippen molar-refractivity contribution in [1.82, 2.24) is 9.97 Å². The highest BCUT2D eigenvalue weighted by Crippen LogP contribution is 2.42. The summed E-state index contributed by atoms with van der Waals surface area (Å²) >= 11 is 0. The van der Waals surface area contributed by atoms with Crippen LogP contribution in [0.15, 0.2) is 24.4 Å². The Labute approximate surface area is 143 Å². The molecule has 0 aliphatic carbocycles. The number of benzene rings is 1. The SMILES string of the molecule is CCCCN(c1cc(OC)c(OC)c(OC)c1)c1ccnc(C)n1. The van der Waals surface area contributed by atoms with Gasteiger partial charge in [-0.15, -0.1) is 0 Å². The molecular weight excluding hydrogens is 306 g/mol. The van der Waals surface area contributed by atoms with E-state index in [4.69, 9.17) is 14.2 Å². The molecule has 0 N–H and O–H groups in total. The number of rotatable bonds is 8. The van der Waals surface area contributed by atoms with E-state index in [2.05, 4.69) is 21.8 Å². The fraction of sp³-hybridized carbons (Fsp3) is 0.444. The molecule has 130 valence electrons. The molecule has 0 unspecified atom stereocenters. The first-order valence-electron chi connectivity index (χ1n) is 8.01. The lowest BCUT2D eigenvalue weighted by Crippen LogP contribution is -2.20. The second kappa shape index (κ2) is 8.38. The Morgan fingerprint density at radius 1 is 1.04 bits per heavy atom. The number of unbranched alkanes of at least 4 members (excludes halogenated alkanes) is 1. The predicted molar refractivity (Wildman–Crippen MR) is 94.8 cm³/mol. The zero-order valence-corrected chi connectivity index (χ0v) is 15.0. The minimum absolute atomic E-state index is 0.582. The molecule has 0 atom stereocenters. The van der Waals surface area contributed by atoms with Crippen molar-refractivity contribution in [2.75, 3.05) is 32.8 Å². The van der Waals surface area contributed by atoms with E-state index in [1.807, 2.05) is 25.1 Å². The van der Waals surface area contributed by atoms with Gasteiger partial charge in [0.2, 0.25) is 5.75 Å². The number of anilines is 2. The summed E-state index contributed by atoms with van der Waals surface area (Å²) < 4.78 is 16.3. The molecule has 0 aliphatic rings. The second-order valence-electron chi connectivity index (χ2n) is 5.35. The minimum Gasteiger partial charge on any atom is -0.493 e. The van der Waals surface area contributed by atoms with E-state index in [-0.39, 0.29) is 0 Å². The molecule has 2 aromatic rings. The maximum atomic E-state index is 5.47. The number of ether oxygens (including phenoxy) is 3. The predicted octanol–water partition coefficient (Wildman–Crippen LogP) is 3.75. The second-order valence-corrected chi connectivity index (χ2v) is 5.35. The van der Waals surface area contributed by atoms with Crippen molar-refractivity contribution in [3.05, 3.63) is 30.2 Å². The molecule has 1 aromatic carbocycles. The molecule has 1 aromatic heterocycles. The number of nitrogens with zero attached hydrogens (tertiary/aromatic N) is 3. The van der Waals surface area contributed by atoms with E-state index in [0.29, 0.717) is 17.2 Å². The van der Waals surface area contributed by atoms with Crippen LogP contribution in [-0.4, -0.2) is 37.8 Å². The first-order chi connectivity index (χ1) is 11.6. The monoisotopic (exact) mass is 331 g/mol. The van der Waals surface area contributed by atoms with Gasteiger partial charge in [-0.25, -0.2) is 9.97 Å². The smallest absolute Gasteiger partial charge is 0.203 e. The van der Waals surface area contributed by atoms with Crippen molar-refractivity contribution in [2.45, 2.75) is 26.7 Å². The summed E-state index contributed by atoms with van der Waals surface area (Å²) in [5, 5.41) is 0. The van der Waals surface area contributed by atoms with E-state index in [0.717, 1.165) is 36.7 Å². The lowest BCUT2D eigenvalue weighted by atomic mass is 10.2. The molecule has 0 saturated heterocycles. The molecule has 6 heteroatoms. The number of methoxy groups -OCH3 is 3. The molecule has 0 bridgehead atoms. The van der Waals surface area contributed by atoms with Crippen LogP contribution in [0.2, 0.25) is 0 Å². The molecule has 0 amide bonds. The Kier molecular flexibility index (Phi) is 6.23. The van der Waals surface area contributed by atoms with E-state index in [1.165, 1.54) is 0 Å². The highest BCUT2D eigenvalue weighted by atomic mass is 16.5. The van der Waals surface area contributed by atoms with Gasteiger partial charge in [0.15, 0.2) is 11.5 Å². The highest BCUT2D eigenvalue weighted by Gasteiger charge is 2.18. The fourth-order valence-corrected chi connectivity index (χ4v) is 2.51. The van der Waals surface area contributed by atoms with Crippen LogP contribution in [0, 0.1) is 6.92 Å². The fourth-order valence-electron chi connectivity index (χ4n) is 2.51. The molecule has 0 aliphatic heterocycles. The van der Waals surface area contributed by atoms with Crippen molar-refractivity contribution in [3.8, 4) is 17.2 Å². The van der Waals surface area contributed by atoms with Crippen molar-refractivity contribution in [2.24, 2.45) is 0 Å². The lowest BCUT2D eigenvalue weighted by Gasteiger charge is -2.25. The van der Waals surface area contributed by atoms with Crippen molar-refractivity contribution in [3.63, 3.8) is 0 Å². The zero-order valence-electron chi connectivity index (χ0n) is 15.0. The van der Waals surface area contributed by atoms with Gasteiger partial charge in [0.05, 0.1) is 21.3 Å². The van der Waals surface area contributed by atoms with Gasteiger partial charge in [-0.05, 0) is 19.4 Å². The van der Waals surface area contributed by atoms with Crippen LogP contribution in [-0.2, 0) is 0 Å². The van der Waals surface area contributed by atoms with Crippen LogP contribution in [0.5, 0.6) is 17.2 Å². The van der Waals surface area contributed by atoms with Crippen molar-refractivity contribution in [1.29, 1.82) is 0 Å². The molecule has 1 heterocycles. The lowest BCUT2D eigenvalue weighted by molar-refractivity contribution is 0.324. The zero-order chi connectivity index (χ0) is 17.5. The molecule has 6 nitrogen and oxygen atoms in total. The van der Waals surface area contributed by atoms with E-state index in [9.17, 15) is 0 Å². The molecule has 0 fully saturated rings. The quantitative estimate of drug-likeness (QED) is 0.734. The summed E-state index contributed by atoms with van der Waals surface area (Å²) in [5.74, 6) is 3.42. The van der Waals surface area contributed by atoms with Gasteiger partial charge < -0.3 is 19.1 Å². The first kappa shape index (κ1) is 17.8. The van der Waals surface area contributed by atoms with Crippen LogP contribution < -0.4 is 19.1 Å². The Bertz CT molecular complexity index is 651. The third-order valence-electron chi connectivity index (χ3n) is 3.73. The van der Waals surface area contributed by atoms with Gasteiger partial charge in [-0.1, -0.05) is 13.3 Å². The summed E-state index contributed by atoms with van der Waals surface area (Å²) in [4.78, 5) is 10.9. The first-order valence-corrected chi connectivity index (χ1v) is 8.01. The van der Waals surface area contributed by atoms with Crippen LogP contribution in [0.3, 0.4) is 0 Å². The van der Waals surface area contributed by atoms with Crippen LogP contribution in [0.25, 0.3) is 0 Å². The molecule has 2 rings (SSSR count). The third-order valence-corrected chi connectivity index (χ3v) is 3.73. The summed E-state index contributed by atoms with van der Waals surface area (Å²) in [5.41, 5.74) is 0.941. The Hall–Kier alpha value is -2.50. The largest absolute Gasteiger partial charge is 0.493 e. The average Bonchev–Trinajstić information content (AvgIpc) is 2.61. The standard InChI is InChI=1S/C18H25N3O3/c1-6-7-10-21(17-8-9-19-13(2)20-17)14-11-15(22-3)18(24-5)16(12-14)23-4/h8-9,11-12H,6-7,10H2,1-5H3. The van der Waals surface area contributed by atoms with E-state index in [1.54, 1.807) is 27.5 Å². The summed E-state index contributed by atoms with van der Waals surface area (Å²) in [6, 6.07) is 5.79. The summed E-state index contributed by atoms with van der Waals surface area (Å²) in [6.07, 6.45) is 3.90. The Morgan fingerprint density at radius 2 is 1.71 bits per heavy atom. The topological polar surface area (TPSA) is 56.7 Å². The van der Waals surface area contributed by atoms with Crippen LogP contribution in [0.4, 0.5) is 11.5 Å². The summed E-state index contributed by atoms with van der Waals surface area (Å²) in [6.45, 7) is 4.89. The normalized spacial score (nSPS) is 10.4. The van der Waals surface area contributed by atoms with Crippen LogP contribution in [0.1, 0.15) is 25.6 Å². The van der Waals surface area contributed by atoms with Gasteiger partial charge in [-0.3, -0.25) is 0 Å². The van der Waals surface area contributed by atoms with Gasteiger partial charge >= 0.3 is 0 Å². The Morgan fingerprint density at radius 3 is 2.21 bits per heavy atom. The van der Waals surface area contributed by atoms with Gasteiger partial charge in [0, 0.05) is 30.6 Å². The van der Waals surface area contributed by atoms with Crippen LogP contribution >= 0.6 is 0 Å². The number of aromatic nitrogens is 2. The molecule has 0 saturated carbocycles. The molecule has 0 spiro atoms. The maximum absolute atomic E-state index is 5.47. The molecule has 24 heavy (non-hydrogen) atoms.